The Morgan fingerprint density at radius 3 is 2.55 bits per heavy atom. The molecule has 0 saturated carbocycles. The van der Waals surface area contributed by atoms with E-state index in [4.69, 9.17) is 5.11 Å². The predicted octanol–water partition coefficient (Wildman–Crippen LogP) is 2.29. The smallest absolute Gasteiger partial charge is 0.354 e. The molecule has 1 amide bonds. The number of likely N-dealkylation sites (tertiary alicyclic amines) is 1. The number of hydrogen-bond acceptors (Lipinski definition) is 3. The number of aromatic nitrogens is 1. The lowest BCUT2D eigenvalue weighted by atomic mass is 9.86. The molecule has 108 valence electrons. The number of carbonyl (C=O) groups is 2. The molecule has 0 bridgehead atoms. The van der Waals surface area contributed by atoms with Crippen LogP contribution in [0.25, 0.3) is 0 Å². The van der Waals surface area contributed by atoms with Gasteiger partial charge in [0.15, 0.2) is 0 Å². The Kier molecular flexibility index (Phi) is 4.06. The van der Waals surface area contributed by atoms with E-state index in [1.165, 1.54) is 6.07 Å². The number of amides is 1. The predicted molar refractivity (Wildman–Crippen MR) is 74.6 cm³/mol. The minimum absolute atomic E-state index is 0.0957. The Bertz CT molecular complexity index is 530. The van der Waals surface area contributed by atoms with Crippen molar-refractivity contribution in [1.29, 1.82) is 0 Å². The van der Waals surface area contributed by atoms with E-state index < -0.39 is 5.97 Å². The van der Waals surface area contributed by atoms with E-state index in [2.05, 4.69) is 18.8 Å². The third-order valence-electron chi connectivity index (χ3n) is 4.05. The highest BCUT2D eigenvalue weighted by Gasteiger charge is 2.32. The molecule has 2 heterocycles. The number of aromatic carboxylic acids is 1. The fourth-order valence-corrected chi connectivity index (χ4v) is 2.80. The molecule has 0 aromatic carbocycles. The van der Waals surface area contributed by atoms with Crippen LogP contribution in [0.4, 0.5) is 0 Å². The summed E-state index contributed by atoms with van der Waals surface area (Å²) in [4.78, 5) is 29.2. The standard InChI is InChI=1S/C15H20N2O3/c1-9-7-10(2)11(3)17(8-9)14(18)12-5-4-6-13(16-12)15(19)20/h4-6,9-11H,7-8H2,1-3H3,(H,19,20). The second-order valence-corrected chi connectivity index (χ2v) is 5.73. The van der Waals surface area contributed by atoms with E-state index in [0.29, 0.717) is 18.4 Å². The second kappa shape index (κ2) is 5.61. The third-order valence-corrected chi connectivity index (χ3v) is 4.05. The van der Waals surface area contributed by atoms with Gasteiger partial charge in [0.1, 0.15) is 11.4 Å². The number of carboxylic acid groups (broad SMARTS) is 1. The fraction of sp³-hybridized carbons (Fsp3) is 0.533. The summed E-state index contributed by atoms with van der Waals surface area (Å²) in [5.74, 6) is -0.412. The molecule has 5 heteroatoms. The van der Waals surface area contributed by atoms with E-state index in [9.17, 15) is 9.59 Å². The molecule has 1 fully saturated rings. The highest BCUT2D eigenvalue weighted by molar-refractivity contribution is 5.94. The minimum Gasteiger partial charge on any atom is -0.477 e. The van der Waals surface area contributed by atoms with Gasteiger partial charge in [-0.1, -0.05) is 19.9 Å². The zero-order valence-electron chi connectivity index (χ0n) is 12.0. The van der Waals surface area contributed by atoms with Crippen LogP contribution in [0.15, 0.2) is 18.2 Å². The molecule has 0 spiro atoms. The van der Waals surface area contributed by atoms with Crippen molar-refractivity contribution >= 4 is 11.9 Å². The van der Waals surface area contributed by atoms with Gasteiger partial charge < -0.3 is 10.0 Å². The first-order valence-electron chi connectivity index (χ1n) is 6.91. The molecule has 1 aromatic rings. The van der Waals surface area contributed by atoms with Gasteiger partial charge >= 0.3 is 5.97 Å². The molecular weight excluding hydrogens is 256 g/mol. The Balaban J connectivity index is 2.26. The normalized spacial score (nSPS) is 26.4. The number of rotatable bonds is 2. The van der Waals surface area contributed by atoms with E-state index in [1.54, 1.807) is 12.1 Å². The monoisotopic (exact) mass is 276 g/mol. The van der Waals surface area contributed by atoms with Crippen molar-refractivity contribution in [3.63, 3.8) is 0 Å². The maximum Gasteiger partial charge on any atom is 0.354 e. The first-order valence-corrected chi connectivity index (χ1v) is 6.91. The Morgan fingerprint density at radius 2 is 1.90 bits per heavy atom. The summed E-state index contributed by atoms with van der Waals surface area (Å²) in [5, 5.41) is 8.95. The van der Waals surface area contributed by atoms with Gasteiger partial charge in [0, 0.05) is 12.6 Å². The van der Waals surface area contributed by atoms with Crippen molar-refractivity contribution in [1.82, 2.24) is 9.88 Å². The summed E-state index contributed by atoms with van der Waals surface area (Å²) < 4.78 is 0. The van der Waals surface area contributed by atoms with Crippen LogP contribution >= 0.6 is 0 Å². The maximum atomic E-state index is 12.5. The van der Waals surface area contributed by atoms with Crippen molar-refractivity contribution < 1.29 is 14.7 Å². The van der Waals surface area contributed by atoms with Gasteiger partial charge in [-0.2, -0.15) is 0 Å². The third kappa shape index (κ3) is 2.81. The molecule has 1 aromatic heterocycles. The molecule has 3 atom stereocenters. The van der Waals surface area contributed by atoms with Gasteiger partial charge in [-0.25, -0.2) is 9.78 Å². The first-order chi connectivity index (χ1) is 9.40. The highest BCUT2D eigenvalue weighted by Crippen LogP contribution is 2.27. The number of nitrogens with zero attached hydrogens (tertiary/aromatic N) is 2. The van der Waals surface area contributed by atoms with Crippen molar-refractivity contribution in [2.24, 2.45) is 11.8 Å². The topological polar surface area (TPSA) is 70.5 Å². The molecule has 1 N–H and O–H groups in total. The zero-order valence-corrected chi connectivity index (χ0v) is 12.0. The summed E-state index contributed by atoms with van der Waals surface area (Å²) in [5.41, 5.74) is 0.111. The number of carboxylic acids is 1. The van der Waals surface area contributed by atoms with Crippen molar-refractivity contribution in [2.45, 2.75) is 33.2 Å². The lowest BCUT2D eigenvalue weighted by Gasteiger charge is -2.40. The quantitative estimate of drug-likeness (QED) is 0.899. The molecule has 20 heavy (non-hydrogen) atoms. The molecule has 0 aliphatic carbocycles. The van der Waals surface area contributed by atoms with Gasteiger partial charge in [-0.3, -0.25) is 4.79 Å². The maximum absolute atomic E-state index is 12.5. The number of pyridine rings is 1. The first kappa shape index (κ1) is 14.5. The summed E-state index contributed by atoms with van der Waals surface area (Å²) in [7, 11) is 0. The van der Waals surface area contributed by atoms with Gasteiger partial charge in [0.05, 0.1) is 0 Å². The average molecular weight is 276 g/mol. The summed E-state index contributed by atoms with van der Waals surface area (Å²) in [6.07, 6.45) is 1.10. The average Bonchev–Trinajstić information content (AvgIpc) is 2.42. The van der Waals surface area contributed by atoms with Gasteiger partial charge in [-0.05, 0) is 37.3 Å². The summed E-state index contributed by atoms with van der Waals surface area (Å²) in [6.45, 7) is 7.00. The van der Waals surface area contributed by atoms with Crippen LogP contribution in [0.3, 0.4) is 0 Å². The molecule has 5 nitrogen and oxygen atoms in total. The van der Waals surface area contributed by atoms with Crippen LogP contribution in [0, 0.1) is 11.8 Å². The number of carbonyl (C=O) groups excluding carboxylic acids is 1. The van der Waals surface area contributed by atoms with Gasteiger partial charge in [0.2, 0.25) is 0 Å². The Morgan fingerprint density at radius 1 is 1.25 bits per heavy atom. The fourth-order valence-electron chi connectivity index (χ4n) is 2.80. The molecule has 3 unspecified atom stereocenters. The molecule has 1 aliphatic heterocycles. The molecule has 2 rings (SSSR count). The van der Waals surface area contributed by atoms with E-state index in [-0.39, 0.29) is 23.3 Å². The number of hydrogen-bond donors (Lipinski definition) is 1. The Hall–Kier alpha value is -1.91. The van der Waals surface area contributed by atoms with Crippen LogP contribution in [-0.4, -0.2) is 39.5 Å². The van der Waals surface area contributed by atoms with Crippen LogP contribution in [0.2, 0.25) is 0 Å². The molecule has 0 radical (unpaired) electrons. The molecule has 1 aliphatic rings. The van der Waals surface area contributed by atoms with Crippen molar-refractivity contribution in [2.75, 3.05) is 6.54 Å². The Labute approximate surface area is 118 Å². The largest absolute Gasteiger partial charge is 0.477 e. The highest BCUT2D eigenvalue weighted by atomic mass is 16.4. The van der Waals surface area contributed by atoms with E-state index in [1.807, 2.05) is 11.8 Å². The van der Waals surface area contributed by atoms with Crippen LogP contribution in [0.1, 0.15) is 48.2 Å². The van der Waals surface area contributed by atoms with E-state index >= 15 is 0 Å². The lowest BCUT2D eigenvalue weighted by Crippen LogP contribution is -2.49. The van der Waals surface area contributed by atoms with Gasteiger partial charge in [0.25, 0.3) is 5.91 Å². The lowest BCUT2D eigenvalue weighted by molar-refractivity contribution is 0.0449. The molecular formula is C15H20N2O3. The minimum atomic E-state index is -1.12. The molecule has 1 saturated heterocycles. The SMILES string of the molecule is CC1CC(C)C(C)N(C(=O)c2cccc(C(=O)O)n2)C1. The summed E-state index contributed by atoms with van der Waals surface area (Å²) in [6, 6.07) is 4.68. The zero-order chi connectivity index (χ0) is 14.9. The van der Waals surface area contributed by atoms with E-state index in [0.717, 1.165) is 6.42 Å². The van der Waals surface area contributed by atoms with Crippen LogP contribution < -0.4 is 0 Å². The number of piperidine rings is 1. The van der Waals surface area contributed by atoms with Crippen molar-refractivity contribution in [3.8, 4) is 0 Å². The summed E-state index contributed by atoms with van der Waals surface area (Å²) >= 11 is 0. The van der Waals surface area contributed by atoms with Crippen LogP contribution in [0.5, 0.6) is 0 Å². The van der Waals surface area contributed by atoms with Crippen LogP contribution in [-0.2, 0) is 0 Å². The van der Waals surface area contributed by atoms with Crippen molar-refractivity contribution in [3.05, 3.63) is 29.6 Å². The second-order valence-electron chi connectivity index (χ2n) is 5.73. The van der Waals surface area contributed by atoms with Gasteiger partial charge in [-0.15, -0.1) is 0 Å².